The van der Waals surface area contributed by atoms with Gasteiger partial charge in [0, 0.05) is 12.4 Å². The summed E-state index contributed by atoms with van der Waals surface area (Å²) in [5.74, 6) is 2.70. The van der Waals surface area contributed by atoms with Crippen molar-refractivity contribution < 1.29 is 0 Å². The first-order valence-electron chi connectivity index (χ1n) is 2.85. The van der Waals surface area contributed by atoms with Crippen molar-refractivity contribution in [3.05, 3.63) is 5.70 Å². The largest absolute Gasteiger partial charge is 0.395 e. The van der Waals surface area contributed by atoms with Crippen molar-refractivity contribution >= 4 is 5.87 Å². The Labute approximate surface area is 50.1 Å². The molecule has 0 atom stereocenters. The quantitative estimate of drug-likeness (QED) is 0.530. The van der Waals surface area contributed by atoms with Gasteiger partial charge in [-0.1, -0.05) is 6.92 Å². The minimum atomic E-state index is 0.729. The van der Waals surface area contributed by atoms with Gasteiger partial charge in [0.2, 0.25) is 0 Å². The lowest BCUT2D eigenvalue weighted by Crippen LogP contribution is -1.94. The Morgan fingerprint density at radius 3 is 2.62 bits per heavy atom. The Morgan fingerprint density at radius 1 is 1.62 bits per heavy atom. The molecular weight excluding hydrogens is 100 g/mol. The van der Waals surface area contributed by atoms with Crippen LogP contribution in [-0.2, 0) is 0 Å². The fourth-order valence-electron chi connectivity index (χ4n) is 0.260. The van der Waals surface area contributed by atoms with E-state index in [0.717, 1.165) is 18.7 Å². The number of hydrogen-bond acceptors (Lipinski definition) is 2. The molecule has 0 aliphatic heterocycles. The second-order valence-corrected chi connectivity index (χ2v) is 1.46. The summed E-state index contributed by atoms with van der Waals surface area (Å²) in [5.41, 5.74) is 6.10. The first-order chi connectivity index (χ1) is 3.81. The van der Waals surface area contributed by atoms with E-state index in [-0.39, 0.29) is 0 Å². The summed E-state index contributed by atoms with van der Waals surface area (Å²) in [6, 6.07) is 0. The fourth-order valence-corrected chi connectivity index (χ4v) is 0.260. The van der Waals surface area contributed by atoms with Crippen LogP contribution < -0.4 is 5.73 Å². The Kier molecular flexibility index (Phi) is 4.00. The van der Waals surface area contributed by atoms with E-state index in [1.54, 1.807) is 0 Å². The van der Waals surface area contributed by atoms with Crippen LogP contribution in [0.5, 0.6) is 0 Å². The van der Waals surface area contributed by atoms with Crippen molar-refractivity contribution in [3.63, 3.8) is 0 Å². The summed E-state index contributed by atoms with van der Waals surface area (Å²) in [6.07, 6.45) is 0.837. The third-order valence-corrected chi connectivity index (χ3v) is 0.762. The normalized spacial score (nSPS) is 7.75. The maximum Gasteiger partial charge on any atom is 0.0702 e. The maximum atomic E-state index is 5.37. The van der Waals surface area contributed by atoms with Gasteiger partial charge in [-0.25, -0.2) is 4.99 Å². The molecule has 2 heteroatoms. The van der Waals surface area contributed by atoms with Gasteiger partial charge in [0.25, 0.3) is 0 Å². The van der Waals surface area contributed by atoms with Crippen LogP contribution in [0.2, 0.25) is 0 Å². The van der Waals surface area contributed by atoms with E-state index in [1.165, 1.54) is 0 Å². The first-order valence-corrected chi connectivity index (χ1v) is 2.85. The maximum absolute atomic E-state index is 5.37. The number of allylic oxidation sites excluding steroid dienone is 1. The van der Waals surface area contributed by atoms with Crippen LogP contribution in [-0.4, -0.2) is 12.4 Å². The lowest BCUT2D eigenvalue weighted by atomic mass is 10.4. The number of nitrogens with two attached hydrogens (primary N) is 1. The van der Waals surface area contributed by atoms with Crippen LogP contribution in [0, 0.1) is 0 Å². The Morgan fingerprint density at radius 2 is 2.25 bits per heavy atom. The molecule has 0 aliphatic rings. The summed E-state index contributed by atoms with van der Waals surface area (Å²) < 4.78 is 0. The molecule has 0 unspecified atom stereocenters. The molecular formula is C6H12N2. The van der Waals surface area contributed by atoms with Gasteiger partial charge in [-0.2, -0.15) is 0 Å². The molecule has 0 amide bonds. The van der Waals surface area contributed by atoms with Crippen molar-refractivity contribution in [1.82, 2.24) is 0 Å². The third kappa shape index (κ3) is 3.44. The number of nitrogens with zero attached hydrogens (tertiary/aromatic N) is 1. The van der Waals surface area contributed by atoms with Crippen molar-refractivity contribution in [3.8, 4) is 0 Å². The Bertz CT molecular complexity index is 110. The standard InChI is InChI=1S/C6H12N2/c1-3-6(7)5-8-4-2/h3-4,7H2,1-2H3. The van der Waals surface area contributed by atoms with Crippen molar-refractivity contribution in [2.75, 3.05) is 6.54 Å². The van der Waals surface area contributed by atoms with E-state index in [9.17, 15) is 0 Å². The highest BCUT2D eigenvalue weighted by Gasteiger charge is 1.75. The highest BCUT2D eigenvalue weighted by atomic mass is 14.7. The molecule has 0 heterocycles. The SMILES string of the molecule is CCN=C=C(N)CC. The molecule has 0 fully saturated rings. The number of hydrogen-bond donors (Lipinski definition) is 1. The fraction of sp³-hybridized carbons (Fsp3) is 0.667. The molecule has 0 aliphatic carbocycles. The topological polar surface area (TPSA) is 38.4 Å². The third-order valence-electron chi connectivity index (χ3n) is 0.762. The predicted octanol–water partition coefficient (Wildman–Crippen LogP) is 0.929. The molecule has 0 saturated heterocycles. The van der Waals surface area contributed by atoms with Gasteiger partial charge in [-0.05, 0) is 13.3 Å². The van der Waals surface area contributed by atoms with Crippen LogP contribution in [0.4, 0.5) is 0 Å². The zero-order valence-electron chi connectivity index (χ0n) is 5.44. The minimum absolute atomic E-state index is 0.729. The average Bonchev–Trinajstić information content (AvgIpc) is 1.83. The van der Waals surface area contributed by atoms with Crippen molar-refractivity contribution in [1.29, 1.82) is 0 Å². The summed E-state index contributed by atoms with van der Waals surface area (Å²) in [4.78, 5) is 3.83. The lowest BCUT2D eigenvalue weighted by molar-refractivity contribution is 1.08. The molecule has 2 N–H and O–H groups in total. The molecule has 0 spiro atoms. The average molecular weight is 112 g/mol. The second kappa shape index (κ2) is 4.41. The minimum Gasteiger partial charge on any atom is -0.395 e. The Hall–Kier alpha value is -0.750. The van der Waals surface area contributed by atoms with Gasteiger partial charge < -0.3 is 5.73 Å². The molecule has 0 saturated carbocycles. The van der Waals surface area contributed by atoms with Crippen molar-refractivity contribution in [2.24, 2.45) is 10.7 Å². The van der Waals surface area contributed by atoms with Gasteiger partial charge in [0.05, 0.1) is 5.70 Å². The molecule has 0 radical (unpaired) electrons. The van der Waals surface area contributed by atoms with Gasteiger partial charge in [0.1, 0.15) is 0 Å². The van der Waals surface area contributed by atoms with Crippen LogP contribution >= 0.6 is 0 Å². The summed E-state index contributed by atoms with van der Waals surface area (Å²) in [5, 5.41) is 0. The van der Waals surface area contributed by atoms with E-state index in [1.807, 2.05) is 13.8 Å². The predicted molar refractivity (Wildman–Crippen MR) is 36.0 cm³/mol. The number of rotatable bonds is 2. The van der Waals surface area contributed by atoms with Crippen LogP contribution in [0.1, 0.15) is 20.3 Å². The molecule has 0 rings (SSSR count). The van der Waals surface area contributed by atoms with E-state index in [2.05, 4.69) is 10.9 Å². The lowest BCUT2D eigenvalue weighted by Gasteiger charge is -1.83. The van der Waals surface area contributed by atoms with E-state index in [0.29, 0.717) is 0 Å². The van der Waals surface area contributed by atoms with Gasteiger partial charge >= 0.3 is 0 Å². The van der Waals surface area contributed by atoms with E-state index in [4.69, 9.17) is 5.73 Å². The molecule has 0 aromatic carbocycles. The zero-order chi connectivity index (χ0) is 6.41. The van der Waals surface area contributed by atoms with Gasteiger partial charge in [0.15, 0.2) is 0 Å². The Balaban J connectivity index is 3.72. The molecule has 0 aromatic heterocycles. The van der Waals surface area contributed by atoms with Crippen LogP contribution in [0.3, 0.4) is 0 Å². The molecule has 0 aromatic rings. The smallest absolute Gasteiger partial charge is 0.0702 e. The van der Waals surface area contributed by atoms with E-state index >= 15 is 0 Å². The molecule has 8 heavy (non-hydrogen) atoms. The molecule has 2 nitrogen and oxygen atoms in total. The molecule has 0 bridgehead atoms. The summed E-state index contributed by atoms with van der Waals surface area (Å²) >= 11 is 0. The van der Waals surface area contributed by atoms with E-state index < -0.39 is 0 Å². The molecule has 46 valence electrons. The van der Waals surface area contributed by atoms with Crippen molar-refractivity contribution in [2.45, 2.75) is 20.3 Å². The van der Waals surface area contributed by atoms with Crippen LogP contribution in [0.15, 0.2) is 10.7 Å². The summed E-state index contributed by atoms with van der Waals surface area (Å²) in [6.45, 7) is 4.70. The second-order valence-electron chi connectivity index (χ2n) is 1.46. The number of aliphatic imine (C=N–C) groups is 1. The highest BCUT2D eigenvalue weighted by Crippen LogP contribution is 1.80. The first kappa shape index (κ1) is 7.25. The van der Waals surface area contributed by atoms with Gasteiger partial charge in [-0.3, -0.25) is 0 Å². The van der Waals surface area contributed by atoms with Crippen LogP contribution in [0.25, 0.3) is 0 Å². The monoisotopic (exact) mass is 112 g/mol. The van der Waals surface area contributed by atoms with Gasteiger partial charge in [-0.15, -0.1) is 0 Å². The summed E-state index contributed by atoms with van der Waals surface area (Å²) in [7, 11) is 0. The zero-order valence-corrected chi connectivity index (χ0v) is 5.44. The highest BCUT2D eigenvalue weighted by molar-refractivity contribution is 5.56.